The Morgan fingerprint density at radius 2 is 2.20 bits per heavy atom. The molecule has 110 valence electrons. The molecule has 0 bridgehead atoms. The van der Waals surface area contributed by atoms with Gasteiger partial charge in [-0.15, -0.1) is 0 Å². The molecule has 0 radical (unpaired) electrons. The van der Waals surface area contributed by atoms with Crippen LogP contribution >= 0.6 is 0 Å². The van der Waals surface area contributed by atoms with E-state index in [-0.39, 0.29) is 11.7 Å². The summed E-state index contributed by atoms with van der Waals surface area (Å²) in [5.41, 5.74) is 1.26. The quantitative estimate of drug-likeness (QED) is 0.828. The first-order chi connectivity index (χ1) is 9.54. The number of nitrogens with one attached hydrogen (secondary N) is 1. The predicted octanol–water partition coefficient (Wildman–Crippen LogP) is 1.17. The summed E-state index contributed by atoms with van der Waals surface area (Å²) in [4.78, 5) is 12.3. The van der Waals surface area contributed by atoms with Crippen LogP contribution < -0.4 is 5.32 Å². The molecule has 0 aliphatic carbocycles. The number of rotatable bonds is 5. The molecule has 6 heteroatoms. The van der Waals surface area contributed by atoms with E-state index in [1.165, 1.54) is 0 Å². The maximum Gasteiger partial charge on any atom is 0.251 e. The summed E-state index contributed by atoms with van der Waals surface area (Å²) in [6, 6.07) is 4.82. The Balaban J connectivity index is 2.09. The molecule has 0 saturated carbocycles. The number of benzene rings is 1. The van der Waals surface area contributed by atoms with Crippen LogP contribution in [0.3, 0.4) is 0 Å². The van der Waals surface area contributed by atoms with Crippen LogP contribution in [-0.4, -0.2) is 40.3 Å². The third kappa shape index (κ3) is 3.37. The van der Waals surface area contributed by atoms with Crippen LogP contribution in [0.5, 0.6) is 0 Å². The molecule has 5 nitrogen and oxygen atoms in total. The number of aryl methyl sites for hydroxylation is 1. The van der Waals surface area contributed by atoms with E-state index in [0.29, 0.717) is 36.5 Å². The zero-order chi connectivity index (χ0) is 14.6. The Morgan fingerprint density at radius 1 is 1.40 bits per heavy atom. The van der Waals surface area contributed by atoms with Gasteiger partial charge in [0.2, 0.25) is 0 Å². The monoisotopic (exact) mass is 297 g/mol. The van der Waals surface area contributed by atoms with Crippen molar-refractivity contribution in [3.05, 3.63) is 29.3 Å². The van der Waals surface area contributed by atoms with Crippen LogP contribution in [0.4, 0.5) is 0 Å². The summed E-state index contributed by atoms with van der Waals surface area (Å²) in [6.07, 6.45) is 2.08. The number of ether oxygens (including phenoxy) is 1. The lowest BCUT2D eigenvalue weighted by atomic mass is 10.1. The van der Waals surface area contributed by atoms with Gasteiger partial charge in [0.05, 0.1) is 10.6 Å². The van der Waals surface area contributed by atoms with Crippen LogP contribution in [0.25, 0.3) is 0 Å². The average Bonchev–Trinajstić information content (AvgIpc) is 2.42. The number of hydrogen-bond donors (Lipinski definition) is 1. The first-order valence-electron chi connectivity index (χ1n) is 6.67. The molecule has 0 unspecified atom stereocenters. The first kappa shape index (κ1) is 15.0. The molecule has 1 aromatic carbocycles. The average molecular weight is 297 g/mol. The summed E-state index contributed by atoms with van der Waals surface area (Å²) in [7, 11) is -1.54. The van der Waals surface area contributed by atoms with Gasteiger partial charge in [0, 0.05) is 25.8 Å². The number of methoxy groups -OCH3 is 1. The van der Waals surface area contributed by atoms with Gasteiger partial charge in [-0.1, -0.05) is 0 Å². The van der Waals surface area contributed by atoms with Gasteiger partial charge < -0.3 is 10.1 Å². The number of amides is 1. The summed E-state index contributed by atoms with van der Waals surface area (Å²) in [5, 5.41) is 2.79. The second kappa shape index (κ2) is 6.37. The van der Waals surface area contributed by atoms with Crippen LogP contribution in [0.2, 0.25) is 0 Å². The molecular formula is C14H19NO4S. The van der Waals surface area contributed by atoms with E-state index in [0.717, 1.165) is 12.0 Å². The molecule has 2 rings (SSSR count). The molecule has 1 aliphatic rings. The lowest BCUT2D eigenvalue weighted by Crippen LogP contribution is -2.26. The Labute approximate surface area is 119 Å². The number of fused-ring (bicyclic) bond motifs is 1. The molecule has 0 atom stereocenters. The van der Waals surface area contributed by atoms with Crippen molar-refractivity contribution in [1.29, 1.82) is 0 Å². The second-order valence-corrected chi connectivity index (χ2v) is 6.92. The largest absolute Gasteiger partial charge is 0.385 e. The van der Waals surface area contributed by atoms with E-state index in [1.54, 1.807) is 25.3 Å². The molecule has 1 aromatic rings. The van der Waals surface area contributed by atoms with Crippen molar-refractivity contribution in [2.75, 3.05) is 26.0 Å². The van der Waals surface area contributed by atoms with Gasteiger partial charge >= 0.3 is 0 Å². The lowest BCUT2D eigenvalue weighted by Gasteiger charge is -2.17. The highest BCUT2D eigenvalue weighted by Crippen LogP contribution is 2.25. The van der Waals surface area contributed by atoms with E-state index < -0.39 is 9.84 Å². The van der Waals surface area contributed by atoms with Crippen molar-refractivity contribution in [2.24, 2.45) is 0 Å². The first-order valence-corrected chi connectivity index (χ1v) is 8.32. The summed E-state index contributed by atoms with van der Waals surface area (Å²) in [5.74, 6) is 0.0228. The van der Waals surface area contributed by atoms with Gasteiger partial charge in [0.25, 0.3) is 5.91 Å². The molecule has 1 heterocycles. The Bertz CT molecular complexity index is 595. The Morgan fingerprint density at radius 3 is 2.95 bits per heavy atom. The zero-order valence-electron chi connectivity index (χ0n) is 11.5. The minimum atomic E-state index is -3.16. The molecule has 0 fully saturated rings. The lowest BCUT2D eigenvalue weighted by molar-refractivity contribution is 0.0948. The third-order valence-electron chi connectivity index (χ3n) is 3.33. The predicted molar refractivity (Wildman–Crippen MR) is 75.6 cm³/mol. The smallest absolute Gasteiger partial charge is 0.251 e. The van der Waals surface area contributed by atoms with Gasteiger partial charge in [0.15, 0.2) is 9.84 Å². The molecule has 0 aromatic heterocycles. The van der Waals surface area contributed by atoms with Gasteiger partial charge in [-0.05, 0) is 43.0 Å². The maximum atomic E-state index is 12.0. The molecule has 1 aliphatic heterocycles. The van der Waals surface area contributed by atoms with E-state index in [2.05, 4.69) is 5.32 Å². The number of carbonyl (C=O) groups excluding carboxylic acids is 1. The van der Waals surface area contributed by atoms with Gasteiger partial charge in [-0.25, -0.2) is 8.42 Å². The minimum absolute atomic E-state index is 0.174. The van der Waals surface area contributed by atoms with Crippen LogP contribution in [-0.2, 0) is 21.0 Å². The Hall–Kier alpha value is -1.40. The van der Waals surface area contributed by atoms with Gasteiger partial charge in [-0.2, -0.15) is 0 Å². The second-order valence-electron chi connectivity index (χ2n) is 4.85. The molecule has 1 N–H and O–H groups in total. The third-order valence-corrected chi connectivity index (χ3v) is 5.22. The highest BCUT2D eigenvalue weighted by atomic mass is 32.2. The van der Waals surface area contributed by atoms with E-state index in [9.17, 15) is 13.2 Å². The Kier molecular flexibility index (Phi) is 4.77. The van der Waals surface area contributed by atoms with Crippen molar-refractivity contribution >= 4 is 15.7 Å². The molecule has 0 spiro atoms. The minimum Gasteiger partial charge on any atom is -0.385 e. The van der Waals surface area contributed by atoms with Crippen LogP contribution in [0, 0.1) is 0 Å². The topological polar surface area (TPSA) is 72.5 Å². The van der Waals surface area contributed by atoms with Crippen molar-refractivity contribution in [1.82, 2.24) is 5.32 Å². The summed E-state index contributed by atoms with van der Waals surface area (Å²) < 4.78 is 28.7. The van der Waals surface area contributed by atoms with E-state index in [1.807, 2.05) is 0 Å². The molecule has 20 heavy (non-hydrogen) atoms. The van der Waals surface area contributed by atoms with Crippen molar-refractivity contribution in [2.45, 2.75) is 24.2 Å². The van der Waals surface area contributed by atoms with E-state index in [4.69, 9.17) is 4.74 Å². The zero-order valence-corrected chi connectivity index (χ0v) is 12.3. The number of carbonyl (C=O) groups is 1. The maximum absolute atomic E-state index is 12.0. The fourth-order valence-corrected chi connectivity index (χ4v) is 3.88. The van der Waals surface area contributed by atoms with Crippen LogP contribution in [0.15, 0.2) is 23.1 Å². The van der Waals surface area contributed by atoms with Crippen LogP contribution in [0.1, 0.15) is 28.8 Å². The molecule has 0 saturated heterocycles. The SMILES string of the molecule is COCCCNC(=O)c1ccc2c(c1)CCCS2(=O)=O. The van der Waals surface area contributed by atoms with Gasteiger partial charge in [-0.3, -0.25) is 4.79 Å². The molecule has 1 amide bonds. The van der Waals surface area contributed by atoms with E-state index >= 15 is 0 Å². The summed E-state index contributed by atoms with van der Waals surface area (Å²) >= 11 is 0. The number of hydrogen-bond acceptors (Lipinski definition) is 4. The van der Waals surface area contributed by atoms with Crippen molar-refractivity contribution in [3.8, 4) is 0 Å². The van der Waals surface area contributed by atoms with Gasteiger partial charge in [0.1, 0.15) is 0 Å². The van der Waals surface area contributed by atoms with Crippen molar-refractivity contribution < 1.29 is 17.9 Å². The number of sulfone groups is 1. The fraction of sp³-hybridized carbons (Fsp3) is 0.500. The highest BCUT2D eigenvalue weighted by molar-refractivity contribution is 7.91. The highest BCUT2D eigenvalue weighted by Gasteiger charge is 2.24. The standard InChI is InChI=1S/C14H19NO4S/c1-19-8-3-7-15-14(16)12-5-6-13-11(10-12)4-2-9-20(13,17)18/h5-6,10H,2-4,7-9H2,1H3,(H,15,16). The fourth-order valence-electron chi connectivity index (χ4n) is 2.30. The van der Waals surface area contributed by atoms with Crippen molar-refractivity contribution in [3.63, 3.8) is 0 Å². The normalized spacial score (nSPS) is 16.4. The summed E-state index contributed by atoms with van der Waals surface area (Å²) in [6.45, 7) is 1.14. The molecular weight excluding hydrogens is 278 g/mol.